The zero-order chi connectivity index (χ0) is 29.6. The molecule has 1 amide bonds. The number of ether oxygens (including phenoxy) is 1. The predicted molar refractivity (Wildman–Crippen MR) is 149 cm³/mol. The Morgan fingerprint density at radius 2 is 1.86 bits per heavy atom. The van der Waals surface area contributed by atoms with Gasteiger partial charge in [-0.25, -0.2) is 19.0 Å². The van der Waals surface area contributed by atoms with Gasteiger partial charge < -0.3 is 20.7 Å². The summed E-state index contributed by atoms with van der Waals surface area (Å²) in [4.78, 5) is 24.0. The molecule has 2 aromatic heterocycles. The molecule has 1 aliphatic heterocycles. The minimum absolute atomic E-state index is 0.144. The van der Waals surface area contributed by atoms with Crippen molar-refractivity contribution in [2.24, 2.45) is 5.92 Å². The van der Waals surface area contributed by atoms with Crippen molar-refractivity contribution in [3.8, 4) is 17.0 Å². The summed E-state index contributed by atoms with van der Waals surface area (Å²) in [5.41, 5.74) is 6.58. The fourth-order valence-electron chi connectivity index (χ4n) is 5.47. The minimum Gasteiger partial charge on any atom is -0.495 e. The predicted octanol–water partition coefficient (Wildman–Crippen LogP) is 5.54. The number of piperidine rings is 1. The van der Waals surface area contributed by atoms with Crippen LogP contribution >= 0.6 is 0 Å². The zero-order valence-corrected chi connectivity index (χ0v) is 22.8. The molecule has 2 aromatic carbocycles. The molecular weight excluding hydrogens is 554 g/mol. The van der Waals surface area contributed by atoms with Crippen LogP contribution in [0.1, 0.15) is 47.6 Å². The number of anilines is 2. The highest BCUT2D eigenvalue weighted by Gasteiger charge is 2.32. The molecule has 2 aliphatic rings. The molecule has 6 rings (SSSR count). The lowest BCUT2D eigenvalue weighted by Crippen LogP contribution is -2.36. The van der Waals surface area contributed by atoms with Gasteiger partial charge in [0.05, 0.1) is 35.4 Å². The molecule has 0 atom stereocenters. The van der Waals surface area contributed by atoms with Crippen LogP contribution < -0.4 is 15.8 Å². The Morgan fingerprint density at radius 3 is 2.52 bits per heavy atom. The van der Waals surface area contributed by atoms with Gasteiger partial charge >= 0.3 is 6.18 Å². The second-order valence-corrected chi connectivity index (χ2v) is 10.8. The van der Waals surface area contributed by atoms with E-state index in [1.807, 2.05) is 4.68 Å². The maximum absolute atomic E-state index is 14.4. The molecule has 0 bridgehead atoms. The highest BCUT2D eigenvalue weighted by atomic mass is 19.4. The molecule has 2 fully saturated rings. The van der Waals surface area contributed by atoms with Crippen molar-refractivity contribution in [1.82, 2.24) is 24.6 Å². The fourth-order valence-corrected chi connectivity index (χ4v) is 5.47. The number of hydrogen-bond donors (Lipinski definition) is 2. The third-order valence-electron chi connectivity index (χ3n) is 7.90. The molecule has 0 unspecified atom stereocenters. The van der Waals surface area contributed by atoms with Crippen LogP contribution in [0.15, 0.2) is 42.7 Å². The molecule has 0 radical (unpaired) electrons. The van der Waals surface area contributed by atoms with Gasteiger partial charge in [-0.05, 0) is 61.9 Å². The molecule has 42 heavy (non-hydrogen) atoms. The third kappa shape index (κ3) is 5.48. The third-order valence-corrected chi connectivity index (χ3v) is 7.90. The van der Waals surface area contributed by atoms with E-state index in [9.17, 15) is 22.4 Å². The summed E-state index contributed by atoms with van der Waals surface area (Å²) in [6.45, 7) is 3.13. The van der Waals surface area contributed by atoms with Gasteiger partial charge in [-0.15, -0.1) is 0 Å². The van der Waals surface area contributed by atoms with Gasteiger partial charge in [0.1, 0.15) is 29.4 Å². The Kier molecular flexibility index (Phi) is 7.21. The van der Waals surface area contributed by atoms with Crippen LogP contribution in [-0.2, 0) is 6.18 Å². The van der Waals surface area contributed by atoms with Crippen molar-refractivity contribution in [2.75, 3.05) is 37.8 Å². The first-order chi connectivity index (χ1) is 20.1. The summed E-state index contributed by atoms with van der Waals surface area (Å²) in [7, 11) is 1.40. The molecule has 9 nitrogen and oxygen atoms in total. The van der Waals surface area contributed by atoms with Crippen LogP contribution in [0, 0.1) is 11.7 Å². The first kappa shape index (κ1) is 27.9. The van der Waals surface area contributed by atoms with Gasteiger partial charge in [0.15, 0.2) is 5.65 Å². The molecule has 220 valence electrons. The molecule has 1 aliphatic carbocycles. The lowest BCUT2D eigenvalue weighted by molar-refractivity contribution is -0.137. The number of fused-ring (bicyclic) bond motifs is 1. The highest BCUT2D eigenvalue weighted by Crippen LogP contribution is 2.38. The smallest absolute Gasteiger partial charge is 0.416 e. The van der Waals surface area contributed by atoms with E-state index in [-0.39, 0.29) is 23.3 Å². The number of alkyl halides is 3. The van der Waals surface area contributed by atoms with Gasteiger partial charge in [-0.2, -0.15) is 18.3 Å². The maximum atomic E-state index is 14.4. The van der Waals surface area contributed by atoms with Gasteiger partial charge in [-0.3, -0.25) is 4.79 Å². The van der Waals surface area contributed by atoms with E-state index in [2.05, 4.69) is 20.2 Å². The molecule has 1 saturated heterocycles. The lowest BCUT2D eigenvalue weighted by atomic mass is 10.0. The van der Waals surface area contributed by atoms with Crippen LogP contribution in [0.2, 0.25) is 0 Å². The van der Waals surface area contributed by atoms with E-state index in [1.165, 1.54) is 26.3 Å². The quantitative estimate of drug-likeness (QED) is 0.275. The van der Waals surface area contributed by atoms with E-state index in [0.717, 1.165) is 44.5 Å². The Morgan fingerprint density at radius 1 is 1.10 bits per heavy atom. The fraction of sp³-hybridized carbons (Fsp3) is 0.379. The van der Waals surface area contributed by atoms with E-state index in [4.69, 9.17) is 15.6 Å². The van der Waals surface area contributed by atoms with Crippen molar-refractivity contribution in [2.45, 2.75) is 37.9 Å². The van der Waals surface area contributed by atoms with Gasteiger partial charge in [0, 0.05) is 25.2 Å². The topological polar surface area (TPSA) is 111 Å². The Balaban J connectivity index is 1.27. The van der Waals surface area contributed by atoms with Crippen LogP contribution in [0.25, 0.3) is 22.3 Å². The number of nitrogen functional groups attached to an aromatic ring is 1. The van der Waals surface area contributed by atoms with E-state index >= 15 is 0 Å². The van der Waals surface area contributed by atoms with Gasteiger partial charge in [0.25, 0.3) is 5.91 Å². The number of rotatable bonds is 7. The number of methoxy groups -OCH3 is 1. The number of hydrogen-bond acceptors (Lipinski definition) is 7. The number of nitrogens with two attached hydrogens (primary N) is 1. The summed E-state index contributed by atoms with van der Waals surface area (Å²) in [5, 5.41) is 8.05. The SMILES string of the molecule is COc1cc(-c2nn(C3CCN(CC4CC4)CC3)c3ncnc(N)c23)ccc1NC(=O)c1ccc(C(F)(F)F)cc1F. The highest BCUT2D eigenvalue weighted by molar-refractivity contribution is 6.06. The molecule has 1 saturated carbocycles. The van der Waals surface area contributed by atoms with Crippen molar-refractivity contribution in [1.29, 1.82) is 0 Å². The number of benzene rings is 2. The second kappa shape index (κ2) is 10.9. The Bertz CT molecular complexity index is 1640. The summed E-state index contributed by atoms with van der Waals surface area (Å²) in [5.74, 6) is -0.861. The number of nitrogens with zero attached hydrogens (tertiary/aromatic N) is 5. The van der Waals surface area contributed by atoms with Crippen molar-refractivity contribution in [3.05, 3.63) is 59.7 Å². The number of amides is 1. The van der Waals surface area contributed by atoms with Crippen LogP contribution in [0.3, 0.4) is 0 Å². The summed E-state index contributed by atoms with van der Waals surface area (Å²) in [6, 6.07) is 6.78. The number of nitrogens with one attached hydrogen (secondary N) is 1. The second-order valence-electron chi connectivity index (χ2n) is 10.8. The number of carbonyl (C=O) groups excluding carboxylic acids is 1. The first-order valence-electron chi connectivity index (χ1n) is 13.7. The summed E-state index contributed by atoms with van der Waals surface area (Å²) < 4.78 is 60.5. The average molecular weight is 584 g/mol. The van der Waals surface area contributed by atoms with Crippen LogP contribution in [0.5, 0.6) is 5.75 Å². The lowest BCUT2D eigenvalue weighted by Gasteiger charge is -2.32. The molecule has 0 spiro atoms. The Hall–Kier alpha value is -4.26. The first-order valence-corrected chi connectivity index (χ1v) is 13.7. The van der Waals surface area contributed by atoms with Crippen molar-refractivity contribution >= 4 is 28.4 Å². The standard InChI is InChI=1S/C29H29F4N7O2/c1-42-23-12-17(4-7-22(23)37-28(41)20-6-5-18(13-21(20)30)29(31,32)33)25-24-26(34)35-15-36-27(24)40(38-25)19-8-10-39(11-9-19)14-16-2-3-16/h4-7,12-13,15-16,19H,2-3,8-11,14H2,1H3,(H,37,41)(H2,34,35,36). The average Bonchev–Trinajstić information content (AvgIpc) is 3.69. The van der Waals surface area contributed by atoms with E-state index < -0.39 is 29.0 Å². The van der Waals surface area contributed by atoms with Crippen LogP contribution in [-0.4, -0.2) is 57.3 Å². The monoisotopic (exact) mass is 583 g/mol. The van der Waals surface area contributed by atoms with Gasteiger partial charge in [0.2, 0.25) is 0 Å². The normalized spacial score (nSPS) is 16.6. The van der Waals surface area contributed by atoms with E-state index in [1.54, 1.807) is 18.2 Å². The largest absolute Gasteiger partial charge is 0.495 e. The van der Waals surface area contributed by atoms with E-state index in [0.29, 0.717) is 34.4 Å². The maximum Gasteiger partial charge on any atom is 0.416 e. The molecule has 13 heteroatoms. The van der Waals surface area contributed by atoms with Gasteiger partial charge in [-0.1, -0.05) is 6.07 Å². The molecular formula is C29H29F4N7O2. The molecule has 4 aromatic rings. The van der Waals surface area contributed by atoms with Crippen molar-refractivity contribution < 1.29 is 27.1 Å². The number of halogens is 4. The number of aromatic nitrogens is 4. The van der Waals surface area contributed by atoms with Crippen molar-refractivity contribution in [3.63, 3.8) is 0 Å². The number of carbonyl (C=O) groups is 1. The number of likely N-dealkylation sites (tertiary alicyclic amines) is 1. The Labute approximate surface area is 238 Å². The molecule has 3 heterocycles. The molecule has 3 N–H and O–H groups in total. The summed E-state index contributed by atoms with van der Waals surface area (Å²) >= 11 is 0. The zero-order valence-electron chi connectivity index (χ0n) is 22.8. The summed E-state index contributed by atoms with van der Waals surface area (Å²) in [6.07, 6.45) is 1.20. The minimum atomic E-state index is -4.73. The van der Waals surface area contributed by atoms with Crippen LogP contribution in [0.4, 0.5) is 29.1 Å².